The van der Waals surface area contributed by atoms with Gasteiger partial charge in [0.25, 0.3) is 0 Å². The van der Waals surface area contributed by atoms with E-state index in [1.807, 2.05) is 61.5 Å². The Bertz CT molecular complexity index is 1050. The van der Waals surface area contributed by atoms with Crippen molar-refractivity contribution < 1.29 is 13.2 Å². The van der Waals surface area contributed by atoms with E-state index in [-0.39, 0.29) is 11.0 Å². The molecule has 0 heterocycles. The van der Waals surface area contributed by atoms with Gasteiger partial charge in [0.05, 0.1) is 23.6 Å². The molecule has 0 saturated carbocycles. The molecule has 0 amide bonds. The fraction of sp³-hybridized carbons (Fsp3) is 0.217. The number of nitrogens with one attached hydrogen (secondary N) is 1. The number of rotatable bonds is 6. The highest BCUT2D eigenvalue weighted by atomic mass is 32.2. The Balaban J connectivity index is 1.58. The van der Waals surface area contributed by atoms with E-state index in [4.69, 9.17) is 4.74 Å². The first-order valence-electron chi connectivity index (χ1n) is 9.35. The maximum absolute atomic E-state index is 13.0. The normalized spacial score (nSPS) is 18.8. The van der Waals surface area contributed by atoms with E-state index < -0.39 is 16.1 Å². The van der Waals surface area contributed by atoms with Crippen LogP contribution in [0.2, 0.25) is 0 Å². The zero-order valence-electron chi connectivity index (χ0n) is 15.7. The van der Waals surface area contributed by atoms with Gasteiger partial charge in [0.15, 0.2) is 0 Å². The Kier molecular flexibility index (Phi) is 5.31. The first-order valence-corrected chi connectivity index (χ1v) is 10.8. The predicted octanol–water partition coefficient (Wildman–Crippen LogP) is 4.16. The summed E-state index contributed by atoms with van der Waals surface area (Å²) < 4.78 is 35.0. The Morgan fingerprint density at radius 3 is 2.36 bits per heavy atom. The van der Waals surface area contributed by atoms with Gasteiger partial charge in [-0.05, 0) is 35.7 Å². The van der Waals surface area contributed by atoms with E-state index in [0.717, 1.165) is 22.3 Å². The van der Waals surface area contributed by atoms with Crippen LogP contribution in [0.3, 0.4) is 0 Å². The van der Waals surface area contributed by atoms with Crippen LogP contribution in [0.15, 0.2) is 83.8 Å². The van der Waals surface area contributed by atoms with Gasteiger partial charge in [0.2, 0.25) is 10.0 Å². The molecule has 3 aromatic carbocycles. The quantitative estimate of drug-likeness (QED) is 0.684. The topological polar surface area (TPSA) is 55.4 Å². The van der Waals surface area contributed by atoms with Gasteiger partial charge in [-0.2, -0.15) is 0 Å². The third kappa shape index (κ3) is 4.02. The van der Waals surface area contributed by atoms with E-state index in [1.54, 1.807) is 24.3 Å². The second kappa shape index (κ2) is 7.87. The van der Waals surface area contributed by atoms with Crippen LogP contribution in [-0.4, -0.2) is 14.5 Å². The smallest absolute Gasteiger partial charge is 0.241 e. The summed E-state index contributed by atoms with van der Waals surface area (Å²) in [6.07, 6.45) is 0.433. The summed E-state index contributed by atoms with van der Waals surface area (Å²) >= 11 is 0. The van der Waals surface area contributed by atoms with Crippen molar-refractivity contribution in [1.29, 1.82) is 0 Å². The van der Waals surface area contributed by atoms with Crippen molar-refractivity contribution in [2.75, 3.05) is 0 Å². The molecule has 4 rings (SSSR count). The van der Waals surface area contributed by atoms with E-state index >= 15 is 0 Å². The Hall–Kier alpha value is -2.47. The Labute approximate surface area is 166 Å². The minimum Gasteiger partial charge on any atom is -0.371 e. The zero-order valence-corrected chi connectivity index (χ0v) is 16.5. The SMILES string of the molecule is Cc1ccc(S(=O)(=O)N[C@@H]2c3ccccc3C[C@@H]2OCc2ccccc2)cc1. The van der Waals surface area contributed by atoms with Crippen LogP contribution in [0.5, 0.6) is 0 Å². The van der Waals surface area contributed by atoms with Crippen molar-refractivity contribution in [2.24, 2.45) is 0 Å². The third-order valence-corrected chi connectivity index (χ3v) is 6.56. The summed E-state index contributed by atoms with van der Waals surface area (Å²) in [5.41, 5.74) is 4.20. The van der Waals surface area contributed by atoms with Gasteiger partial charge < -0.3 is 4.74 Å². The number of benzene rings is 3. The Morgan fingerprint density at radius 2 is 1.61 bits per heavy atom. The average Bonchev–Trinajstić information content (AvgIpc) is 3.04. The van der Waals surface area contributed by atoms with Crippen LogP contribution in [0.4, 0.5) is 0 Å². The molecule has 1 aliphatic rings. The summed E-state index contributed by atoms with van der Waals surface area (Å²) in [5.74, 6) is 0. The summed E-state index contributed by atoms with van der Waals surface area (Å²) in [4.78, 5) is 0.268. The van der Waals surface area contributed by atoms with Gasteiger partial charge in [-0.1, -0.05) is 72.3 Å². The minimum absolute atomic E-state index is 0.252. The average molecular weight is 394 g/mol. The fourth-order valence-corrected chi connectivity index (χ4v) is 4.83. The zero-order chi connectivity index (χ0) is 19.6. The summed E-state index contributed by atoms with van der Waals surface area (Å²) in [5, 5.41) is 0. The molecule has 0 radical (unpaired) electrons. The summed E-state index contributed by atoms with van der Waals surface area (Å²) in [7, 11) is -3.65. The van der Waals surface area contributed by atoms with Crippen LogP contribution in [0.1, 0.15) is 28.3 Å². The van der Waals surface area contributed by atoms with Crippen molar-refractivity contribution >= 4 is 10.0 Å². The molecule has 5 heteroatoms. The summed E-state index contributed by atoms with van der Waals surface area (Å²) in [6.45, 7) is 2.38. The second-order valence-corrected chi connectivity index (χ2v) is 8.86. The van der Waals surface area contributed by atoms with Gasteiger partial charge >= 0.3 is 0 Å². The Morgan fingerprint density at radius 1 is 0.929 bits per heavy atom. The molecule has 1 N–H and O–H groups in total. The lowest BCUT2D eigenvalue weighted by Gasteiger charge is -2.22. The lowest BCUT2D eigenvalue weighted by atomic mass is 10.1. The molecule has 2 atom stereocenters. The van der Waals surface area contributed by atoms with Crippen LogP contribution in [0, 0.1) is 6.92 Å². The van der Waals surface area contributed by atoms with E-state index in [9.17, 15) is 8.42 Å². The summed E-state index contributed by atoms with van der Waals surface area (Å²) in [6, 6.07) is 24.3. The monoisotopic (exact) mass is 393 g/mol. The molecule has 0 bridgehead atoms. The van der Waals surface area contributed by atoms with Crippen LogP contribution >= 0.6 is 0 Å². The number of hydrogen-bond acceptors (Lipinski definition) is 3. The van der Waals surface area contributed by atoms with Crippen LogP contribution in [-0.2, 0) is 27.8 Å². The van der Waals surface area contributed by atoms with E-state index in [0.29, 0.717) is 13.0 Å². The molecule has 4 nitrogen and oxygen atoms in total. The standard InChI is InChI=1S/C23H23NO3S/c1-17-11-13-20(14-12-17)28(25,26)24-23-21-10-6-5-9-19(21)15-22(23)27-16-18-7-3-2-4-8-18/h2-14,22-24H,15-16H2,1H3/t22-,23+/m0/s1. The molecule has 0 aromatic heterocycles. The largest absolute Gasteiger partial charge is 0.371 e. The highest BCUT2D eigenvalue weighted by molar-refractivity contribution is 7.89. The van der Waals surface area contributed by atoms with Crippen molar-refractivity contribution in [3.8, 4) is 0 Å². The van der Waals surface area contributed by atoms with Crippen molar-refractivity contribution in [3.05, 3.63) is 101 Å². The molecule has 0 fully saturated rings. The van der Waals surface area contributed by atoms with Crippen molar-refractivity contribution in [1.82, 2.24) is 4.72 Å². The highest BCUT2D eigenvalue weighted by Gasteiger charge is 2.36. The van der Waals surface area contributed by atoms with Crippen LogP contribution < -0.4 is 4.72 Å². The molecule has 0 unspecified atom stereocenters. The minimum atomic E-state index is -3.65. The molecule has 3 aromatic rings. The first-order chi connectivity index (χ1) is 13.5. The molecule has 1 aliphatic carbocycles. The second-order valence-electron chi connectivity index (χ2n) is 7.15. The molecule has 0 spiro atoms. The first kappa shape index (κ1) is 18.9. The molecule has 0 saturated heterocycles. The molecule has 144 valence electrons. The number of ether oxygens (including phenoxy) is 1. The maximum Gasteiger partial charge on any atom is 0.241 e. The van der Waals surface area contributed by atoms with Gasteiger partial charge in [0.1, 0.15) is 0 Å². The van der Waals surface area contributed by atoms with Gasteiger partial charge in [-0.15, -0.1) is 0 Å². The van der Waals surface area contributed by atoms with E-state index in [1.165, 1.54) is 0 Å². The predicted molar refractivity (Wildman–Crippen MR) is 109 cm³/mol. The fourth-order valence-electron chi connectivity index (χ4n) is 3.58. The van der Waals surface area contributed by atoms with Crippen molar-refractivity contribution in [2.45, 2.75) is 37.0 Å². The maximum atomic E-state index is 13.0. The van der Waals surface area contributed by atoms with Crippen LogP contribution in [0.25, 0.3) is 0 Å². The van der Waals surface area contributed by atoms with Gasteiger partial charge in [-0.3, -0.25) is 0 Å². The molecule has 28 heavy (non-hydrogen) atoms. The number of aryl methyl sites for hydroxylation is 1. The van der Waals surface area contributed by atoms with Gasteiger partial charge in [0, 0.05) is 6.42 Å². The molecule has 0 aliphatic heterocycles. The molecular weight excluding hydrogens is 370 g/mol. The number of sulfonamides is 1. The lowest BCUT2D eigenvalue weighted by Crippen LogP contribution is -2.35. The lowest BCUT2D eigenvalue weighted by molar-refractivity contribution is 0.0278. The molecular formula is C23H23NO3S. The van der Waals surface area contributed by atoms with Gasteiger partial charge in [-0.25, -0.2) is 13.1 Å². The number of hydrogen-bond donors (Lipinski definition) is 1. The highest BCUT2D eigenvalue weighted by Crippen LogP contribution is 2.35. The van der Waals surface area contributed by atoms with Crippen molar-refractivity contribution in [3.63, 3.8) is 0 Å². The van der Waals surface area contributed by atoms with E-state index in [2.05, 4.69) is 4.72 Å². The number of fused-ring (bicyclic) bond motifs is 1. The third-order valence-electron chi connectivity index (χ3n) is 5.10.